The maximum absolute atomic E-state index is 12.9. The molecule has 0 unspecified atom stereocenters. The zero-order valence-corrected chi connectivity index (χ0v) is 24.1. The van der Waals surface area contributed by atoms with E-state index in [0.29, 0.717) is 5.75 Å². The van der Waals surface area contributed by atoms with Crippen LogP contribution >= 0.6 is 0 Å². The number of hydrogen-bond acceptors (Lipinski definition) is 8. The van der Waals surface area contributed by atoms with Gasteiger partial charge in [-0.25, -0.2) is 9.59 Å². The molecule has 0 N–H and O–H groups in total. The topological polar surface area (TPSA) is 92.7 Å². The Balaban J connectivity index is 1.70. The van der Waals surface area contributed by atoms with Crippen LogP contribution in [0.1, 0.15) is 73.4 Å². The van der Waals surface area contributed by atoms with Crippen molar-refractivity contribution in [3.05, 3.63) is 89.0 Å². The highest BCUT2D eigenvalue weighted by Gasteiger charge is 2.25. The van der Waals surface area contributed by atoms with Crippen LogP contribution in [0.15, 0.2) is 71.9 Å². The van der Waals surface area contributed by atoms with E-state index in [0.717, 1.165) is 5.56 Å². The van der Waals surface area contributed by atoms with Gasteiger partial charge in [0, 0.05) is 0 Å². The molecule has 0 aliphatic rings. The van der Waals surface area contributed by atoms with E-state index in [-0.39, 0.29) is 41.3 Å². The van der Waals surface area contributed by atoms with Crippen LogP contribution in [-0.4, -0.2) is 44.1 Å². The molecular formula is C32H37NO7. The summed E-state index contributed by atoms with van der Waals surface area (Å²) in [6.45, 7) is 12.0. The number of esters is 2. The molecule has 0 spiro atoms. The first-order valence-corrected chi connectivity index (χ1v) is 13.0. The van der Waals surface area contributed by atoms with Gasteiger partial charge in [0.2, 0.25) is 0 Å². The largest absolute Gasteiger partial charge is 0.497 e. The Morgan fingerprint density at radius 1 is 0.825 bits per heavy atom. The first-order chi connectivity index (χ1) is 18.9. The fourth-order valence-electron chi connectivity index (χ4n) is 3.52. The van der Waals surface area contributed by atoms with Crippen molar-refractivity contribution in [3.63, 3.8) is 0 Å². The summed E-state index contributed by atoms with van der Waals surface area (Å²) in [6.07, 6.45) is 1.62. The fourth-order valence-corrected chi connectivity index (χ4v) is 3.52. The van der Waals surface area contributed by atoms with Crippen molar-refractivity contribution in [1.29, 1.82) is 0 Å². The Bertz CT molecular complexity index is 1320. The van der Waals surface area contributed by atoms with Crippen LogP contribution in [0.2, 0.25) is 0 Å². The number of rotatable bonds is 10. The number of methoxy groups -OCH3 is 1. The van der Waals surface area contributed by atoms with Gasteiger partial charge >= 0.3 is 11.9 Å². The van der Waals surface area contributed by atoms with Gasteiger partial charge in [0.1, 0.15) is 23.5 Å². The van der Waals surface area contributed by atoms with Gasteiger partial charge in [0.05, 0.1) is 18.9 Å². The van der Waals surface area contributed by atoms with Gasteiger partial charge in [-0.15, -0.1) is 0 Å². The standard InChI is InChI=1S/C32H37NO7/c1-31(2,3)24-15-11-22(12-16-24)21-33-38-20-19-37-27-10-8-9-26(30(35)40-32(4,5)6)28(27)39-29(34)23-13-17-25(36-7)18-14-23/h8-18,21H,19-20H2,1-7H3. The van der Waals surface area contributed by atoms with Crippen LogP contribution in [0.4, 0.5) is 0 Å². The van der Waals surface area contributed by atoms with Gasteiger partial charge in [-0.2, -0.15) is 0 Å². The first-order valence-electron chi connectivity index (χ1n) is 13.0. The van der Waals surface area contributed by atoms with E-state index in [4.69, 9.17) is 23.8 Å². The van der Waals surface area contributed by atoms with Crippen molar-refractivity contribution in [2.24, 2.45) is 5.16 Å². The molecule has 0 aliphatic carbocycles. The molecule has 0 atom stereocenters. The number of carbonyl (C=O) groups is 2. The van der Waals surface area contributed by atoms with Gasteiger partial charge in [-0.3, -0.25) is 0 Å². The Labute approximate surface area is 235 Å². The van der Waals surface area contributed by atoms with E-state index in [1.54, 1.807) is 63.4 Å². The number of ether oxygens (including phenoxy) is 4. The third-order valence-electron chi connectivity index (χ3n) is 5.60. The molecule has 8 nitrogen and oxygen atoms in total. The lowest BCUT2D eigenvalue weighted by molar-refractivity contribution is 0.00660. The normalized spacial score (nSPS) is 11.7. The van der Waals surface area contributed by atoms with Crippen molar-refractivity contribution < 1.29 is 33.4 Å². The van der Waals surface area contributed by atoms with Crippen molar-refractivity contribution in [1.82, 2.24) is 0 Å². The maximum atomic E-state index is 12.9. The van der Waals surface area contributed by atoms with Gasteiger partial charge in [-0.05, 0) is 73.7 Å². The molecule has 3 aromatic rings. The molecule has 0 saturated heterocycles. The highest BCUT2D eigenvalue weighted by molar-refractivity contribution is 5.97. The second-order valence-electron chi connectivity index (χ2n) is 11.0. The second kappa shape index (κ2) is 13.2. The van der Waals surface area contributed by atoms with E-state index in [2.05, 4.69) is 38.1 Å². The monoisotopic (exact) mass is 547 g/mol. The molecule has 3 rings (SSSR count). The molecule has 0 amide bonds. The molecule has 0 aliphatic heterocycles. The van der Waals surface area contributed by atoms with Gasteiger partial charge in [0.25, 0.3) is 0 Å². The third-order valence-corrected chi connectivity index (χ3v) is 5.60. The summed E-state index contributed by atoms with van der Waals surface area (Å²) < 4.78 is 22.2. The molecule has 212 valence electrons. The molecule has 0 bridgehead atoms. The first kappa shape index (κ1) is 30.2. The van der Waals surface area contributed by atoms with Crippen LogP contribution < -0.4 is 14.2 Å². The van der Waals surface area contributed by atoms with Crippen molar-refractivity contribution in [2.75, 3.05) is 20.3 Å². The number of hydrogen-bond donors (Lipinski definition) is 0. The van der Waals surface area contributed by atoms with Gasteiger partial charge in [0.15, 0.2) is 18.1 Å². The Kier molecular flexibility index (Phi) is 9.93. The van der Waals surface area contributed by atoms with Crippen LogP contribution in [0, 0.1) is 0 Å². The highest BCUT2D eigenvalue weighted by Crippen LogP contribution is 2.33. The number of oxime groups is 1. The lowest BCUT2D eigenvalue weighted by Crippen LogP contribution is -2.24. The van der Waals surface area contributed by atoms with Crippen LogP contribution in [-0.2, 0) is 15.0 Å². The SMILES string of the molecule is COc1ccc(C(=O)Oc2c(OCCON=Cc3ccc(C(C)(C)C)cc3)cccc2C(=O)OC(C)(C)C)cc1. The molecule has 0 radical (unpaired) electrons. The smallest absolute Gasteiger partial charge is 0.343 e. The fraction of sp³-hybridized carbons (Fsp3) is 0.344. The molecular weight excluding hydrogens is 510 g/mol. The minimum absolute atomic E-state index is 0.0417. The summed E-state index contributed by atoms with van der Waals surface area (Å²) in [7, 11) is 1.53. The van der Waals surface area contributed by atoms with E-state index in [1.165, 1.54) is 18.7 Å². The van der Waals surface area contributed by atoms with Gasteiger partial charge < -0.3 is 23.8 Å². The van der Waals surface area contributed by atoms with Crippen molar-refractivity contribution >= 4 is 18.2 Å². The third kappa shape index (κ3) is 8.86. The summed E-state index contributed by atoms with van der Waals surface area (Å²) in [6, 6.07) is 19.3. The predicted molar refractivity (Wildman–Crippen MR) is 154 cm³/mol. The van der Waals surface area contributed by atoms with Gasteiger partial charge in [-0.1, -0.05) is 56.3 Å². The van der Waals surface area contributed by atoms with E-state index in [1.807, 2.05) is 12.1 Å². The summed E-state index contributed by atoms with van der Waals surface area (Å²) in [5.74, 6) is -0.564. The van der Waals surface area contributed by atoms with Crippen molar-refractivity contribution in [3.8, 4) is 17.2 Å². The summed E-state index contributed by atoms with van der Waals surface area (Å²) in [5, 5.41) is 4.00. The molecule has 0 aromatic heterocycles. The quantitative estimate of drug-likeness (QED) is 0.0929. The number of benzene rings is 3. The zero-order valence-electron chi connectivity index (χ0n) is 24.1. The van der Waals surface area contributed by atoms with Crippen LogP contribution in [0.5, 0.6) is 17.2 Å². The predicted octanol–water partition coefficient (Wildman–Crippen LogP) is 6.60. The lowest BCUT2D eigenvalue weighted by Gasteiger charge is -2.21. The van der Waals surface area contributed by atoms with E-state index >= 15 is 0 Å². The molecule has 3 aromatic carbocycles. The van der Waals surface area contributed by atoms with Crippen LogP contribution in [0.3, 0.4) is 0 Å². The summed E-state index contributed by atoms with van der Waals surface area (Å²) in [5.41, 5.74) is 1.81. The molecule has 0 fully saturated rings. The minimum Gasteiger partial charge on any atom is -0.497 e. The Morgan fingerprint density at radius 2 is 1.50 bits per heavy atom. The van der Waals surface area contributed by atoms with Crippen molar-refractivity contribution in [2.45, 2.75) is 52.6 Å². The van der Waals surface area contributed by atoms with E-state index < -0.39 is 17.5 Å². The number of nitrogens with zero attached hydrogens (tertiary/aromatic N) is 1. The highest BCUT2D eigenvalue weighted by atomic mass is 16.6. The summed E-state index contributed by atoms with van der Waals surface area (Å²) >= 11 is 0. The van der Waals surface area contributed by atoms with Crippen LogP contribution in [0.25, 0.3) is 0 Å². The minimum atomic E-state index is -0.746. The second-order valence-corrected chi connectivity index (χ2v) is 11.0. The maximum Gasteiger partial charge on any atom is 0.343 e. The Morgan fingerprint density at radius 3 is 2.10 bits per heavy atom. The molecule has 0 saturated carbocycles. The zero-order chi connectivity index (χ0) is 29.3. The average Bonchev–Trinajstić information content (AvgIpc) is 2.90. The number of para-hydroxylation sites is 1. The number of carbonyl (C=O) groups excluding carboxylic acids is 2. The van der Waals surface area contributed by atoms with E-state index in [9.17, 15) is 9.59 Å². The molecule has 0 heterocycles. The lowest BCUT2D eigenvalue weighted by atomic mass is 9.87. The summed E-state index contributed by atoms with van der Waals surface area (Å²) in [4.78, 5) is 31.2. The average molecular weight is 548 g/mol. The molecule has 40 heavy (non-hydrogen) atoms. The molecule has 8 heteroatoms. The Hall–Kier alpha value is -4.33.